The lowest BCUT2D eigenvalue weighted by atomic mass is 9.91. The van der Waals surface area contributed by atoms with Crippen LogP contribution in [0.1, 0.15) is 23.2 Å². The Morgan fingerprint density at radius 3 is 2.16 bits per heavy atom. The van der Waals surface area contributed by atoms with E-state index < -0.39 is 5.60 Å². The number of amides is 1. The summed E-state index contributed by atoms with van der Waals surface area (Å²) in [5, 5.41) is 13.4. The van der Waals surface area contributed by atoms with E-state index in [0.29, 0.717) is 18.4 Å². The standard InChI is InChI=1S/C20H23FN2O2/c1-23-12-10-20(25,11-13-23)14-22-19(24)17-4-2-15(3-5-17)16-6-8-18(21)9-7-16/h2-9,25H,10-14H2,1H3,(H,22,24). The molecule has 0 radical (unpaired) electrons. The maximum Gasteiger partial charge on any atom is 0.251 e. The van der Waals surface area contributed by atoms with Crippen molar-refractivity contribution in [3.05, 3.63) is 59.9 Å². The van der Waals surface area contributed by atoms with E-state index in [4.69, 9.17) is 0 Å². The third-order valence-electron chi connectivity index (χ3n) is 4.82. The van der Waals surface area contributed by atoms with Gasteiger partial charge in [-0.25, -0.2) is 4.39 Å². The highest BCUT2D eigenvalue weighted by molar-refractivity contribution is 5.94. The number of likely N-dealkylation sites (tertiary alicyclic amines) is 1. The van der Waals surface area contributed by atoms with Gasteiger partial charge in [0.1, 0.15) is 5.82 Å². The quantitative estimate of drug-likeness (QED) is 0.898. The first-order valence-electron chi connectivity index (χ1n) is 8.50. The topological polar surface area (TPSA) is 52.6 Å². The zero-order valence-electron chi connectivity index (χ0n) is 14.3. The smallest absolute Gasteiger partial charge is 0.251 e. The number of hydrogen-bond donors (Lipinski definition) is 2. The summed E-state index contributed by atoms with van der Waals surface area (Å²) in [5.41, 5.74) is 1.54. The Bertz CT molecular complexity index is 720. The van der Waals surface area contributed by atoms with Crippen molar-refractivity contribution in [3.8, 4) is 11.1 Å². The lowest BCUT2D eigenvalue weighted by Gasteiger charge is -2.36. The first-order valence-corrected chi connectivity index (χ1v) is 8.50. The molecular weight excluding hydrogens is 319 g/mol. The third-order valence-corrected chi connectivity index (χ3v) is 4.82. The number of halogens is 1. The van der Waals surface area contributed by atoms with Gasteiger partial charge in [-0.1, -0.05) is 24.3 Å². The summed E-state index contributed by atoms with van der Waals surface area (Å²) in [4.78, 5) is 14.5. The van der Waals surface area contributed by atoms with Gasteiger partial charge < -0.3 is 15.3 Å². The predicted molar refractivity (Wildman–Crippen MR) is 95.9 cm³/mol. The van der Waals surface area contributed by atoms with Crippen molar-refractivity contribution >= 4 is 5.91 Å². The van der Waals surface area contributed by atoms with E-state index >= 15 is 0 Å². The number of carbonyl (C=O) groups excluding carboxylic acids is 1. The predicted octanol–water partition coefficient (Wildman–Crippen LogP) is 2.68. The maximum atomic E-state index is 13.0. The number of aliphatic hydroxyl groups is 1. The minimum Gasteiger partial charge on any atom is -0.388 e. The molecule has 0 atom stereocenters. The summed E-state index contributed by atoms with van der Waals surface area (Å²) in [6.07, 6.45) is 1.32. The van der Waals surface area contributed by atoms with Gasteiger partial charge in [0.15, 0.2) is 0 Å². The summed E-state index contributed by atoms with van der Waals surface area (Å²) >= 11 is 0. The lowest BCUT2D eigenvalue weighted by Crippen LogP contribution is -2.50. The van der Waals surface area contributed by atoms with Crippen molar-refractivity contribution in [3.63, 3.8) is 0 Å². The molecule has 25 heavy (non-hydrogen) atoms. The Balaban J connectivity index is 1.60. The molecule has 0 aliphatic carbocycles. The van der Waals surface area contributed by atoms with Crippen LogP contribution >= 0.6 is 0 Å². The van der Waals surface area contributed by atoms with Crippen molar-refractivity contribution in [1.82, 2.24) is 10.2 Å². The van der Waals surface area contributed by atoms with Crippen molar-refractivity contribution in [2.24, 2.45) is 0 Å². The molecule has 2 N–H and O–H groups in total. The van der Waals surface area contributed by atoms with Crippen LogP contribution in [0.15, 0.2) is 48.5 Å². The number of nitrogens with one attached hydrogen (secondary N) is 1. The average Bonchev–Trinajstić information content (AvgIpc) is 2.63. The van der Waals surface area contributed by atoms with Crippen LogP contribution in [0.5, 0.6) is 0 Å². The molecule has 0 saturated carbocycles. The second kappa shape index (κ2) is 7.33. The SMILES string of the molecule is CN1CCC(O)(CNC(=O)c2ccc(-c3ccc(F)cc3)cc2)CC1. The molecule has 1 heterocycles. The Hall–Kier alpha value is -2.24. The third kappa shape index (κ3) is 4.44. The molecule has 1 fully saturated rings. The van der Waals surface area contributed by atoms with Crippen molar-refractivity contribution in [2.75, 3.05) is 26.7 Å². The summed E-state index contributed by atoms with van der Waals surface area (Å²) in [7, 11) is 2.03. The van der Waals surface area contributed by atoms with Gasteiger partial charge in [-0.15, -0.1) is 0 Å². The Morgan fingerprint density at radius 1 is 1.08 bits per heavy atom. The molecule has 3 rings (SSSR count). The lowest BCUT2D eigenvalue weighted by molar-refractivity contribution is -0.0135. The van der Waals surface area contributed by atoms with Gasteiger partial charge in [0, 0.05) is 25.2 Å². The number of carbonyl (C=O) groups is 1. The Morgan fingerprint density at radius 2 is 1.60 bits per heavy atom. The molecule has 0 unspecified atom stereocenters. The molecule has 1 aliphatic rings. The largest absolute Gasteiger partial charge is 0.388 e. The highest BCUT2D eigenvalue weighted by Crippen LogP contribution is 2.22. The minimum atomic E-state index is -0.823. The maximum absolute atomic E-state index is 13.0. The zero-order chi connectivity index (χ0) is 17.9. The van der Waals surface area contributed by atoms with Gasteiger partial charge in [-0.2, -0.15) is 0 Å². The molecule has 1 amide bonds. The fourth-order valence-electron chi connectivity index (χ4n) is 3.01. The summed E-state index contributed by atoms with van der Waals surface area (Å²) in [6, 6.07) is 13.4. The molecule has 5 heteroatoms. The van der Waals surface area contributed by atoms with Gasteiger partial charge >= 0.3 is 0 Å². The summed E-state index contributed by atoms with van der Waals surface area (Å²) in [6.45, 7) is 1.93. The molecule has 4 nitrogen and oxygen atoms in total. The minimum absolute atomic E-state index is 0.196. The molecular formula is C20H23FN2O2. The fraction of sp³-hybridized carbons (Fsp3) is 0.350. The zero-order valence-corrected chi connectivity index (χ0v) is 14.3. The van der Waals surface area contributed by atoms with Gasteiger partial charge in [-0.3, -0.25) is 4.79 Å². The van der Waals surface area contributed by atoms with Gasteiger partial charge in [0.2, 0.25) is 0 Å². The van der Waals surface area contributed by atoms with Crippen LogP contribution in [0.3, 0.4) is 0 Å². The molecule has 2 aromatic carbocycles. The van der Waals surface area contributed by atoms with E-state index in [1.54, 1.807) is 24.3 Å². The Labute approximate surface area is 147 Å². The van der Waals surface area contributed by atoms with Gasteiger partial charge in [-0.05, 0) is 55.3 Å². The monoisotopic (exact) mass is 342 g/mol. The highest BCUT2D eigenvalue weighted by Gasteiger charge is 2.31. The van der Waals surface area contributed by atoms with E-state index in [1.165, 1.54) is 12.1 Å². The number of nitrogens with zero attached hydrogens (tertiary/aromatic N) is 1. The first-order chi connectivity index (χ1) is 12.0. The van der Waals surface area contributed by atoms with Gasteiger partial charge in [0.25, 0.3) is 5.91 Å². The summed E-state index contributed by atoms with van der Waals surface area (Å²) in [5.74, 6) is -0.468. The molecule has 1 saturated heterocycles. The van der Waals surface area contributed by atoms with Crippen LogP contribution in [-0.2, 0) is 0 Å². The molecule has 0 spiro atoms. The van der Waals surface area contributed by atoms with E-state index in [9.17, 15) is 14.3 Å². The second-order valence-electron chi connectivity index (χ2n) is 6.79. The molecule has 2 aromatic rings. The van der Waals surface area contributed by atoms with E-state index in [-0.39, 0.29) is 18.3 Å². The number of rotatable bonds is 4. The van der Waals surface area contributed by atoms with Crippen LogP contribution in [0.4, 0.5) is 4.39 Å². The van der Waals surface area contributed by atoms with Crippen LogP contribution in [0, 0.1) is 5.82 Å². The first kappa shape index (κ1) is 17.6. The van der Waals surface area contributed by atoms with Gasteiger partial charge in [0.05, 0.1) is 5.60 Å². The van der Waals surface area contributed by atoms with Crippen molar-refractivity contribution in [1.29, 1.82) is 0 Å². The van der Waals surface area contributed by atoms with Crippen molar-refractivity contribution < 1.29 is 14.3 Å². The van der Waals surface area contributed by atoms with Crippen LogP contribution < -0.4 is 5.32 Å². The van der Waals surface area contributed by atoms with E-state index in [2.05, 4.69) is 10.2 Å². The van der Waals surface area contributed by atoms with Crippen LogP contribution in [0.2, 0.25) is 0 Å². The van der Waals surface area contributed by atoms with Crippen LogP contribution in [0.25, 0.3) is 11.1 Å². The molecule has 0 aromatic heterocycles. The molecule has 132 valence electrons. The molecule has 1 aliphatic heterocycles. The normalized spacial score (nSPS) is 17.2. The van der Waals surface area contributed by atoms with Crippen molar-refractivity contribution in [2.45, 2.75) is 18.4 Å². The fourth-order valence-corrected chi connectivity index (χ4v) is 3.01. The van der Waals surface area contributed by atoms with Crippen LogP contribution in [-0.4, -0.2) is 48.2 Å². The number of piperidine rings is 1. The Kier molecular flexibility index (Phi) is 5.16. The summed E-state index contributed by atoms with van der Waals surface area (Å²) < 4.78 is 13.0. The average molecular weight is 342 g/mol. The number of benzene rings is 2. The van der Waals surface area contributed by atoms with E-state index in [0.717, 1.165) is 24.2 Å². The highest BCUT2D eigenvalue weighted by atomic mass is 19.1. The van der Waals surface area contributed by atoms with E-state index in [1.807, 2.05) is 19.2 Å². The molecule has 0 bridgehead atoms. The second-order valence-corrected chi connectivity index (χ2v) is 6.79. The number of hydrogen-bond acceptors (Lipinski definition) is 3.